The normalized spacial score (nSPS) is 11.3. The van der Waals surface area contributed by atoms with E-state index in [0.29, 0.717) is 12.2 Å². The number of para-hydroxylation sites is 1. The highest BCUT2D eigenvalue weighted by molar-refractivity contribution is 5.87. The summed E-state index contributed by atoms with van der Waals surface area (Å²) in [6.45, 7) is 2.20. The molecule has 1 heterocycles. The SMILES string of the molecule is C/C=C/C=C/C(=O)NCc1cn(-c2ccccc2)nc1-c1ccc(F)cc1. The number of halogens is 1. The van der Waals surface area contributed by atoms with Crippen LogP contribution < -0.4 is 5.32 Å². The summed E-state index contributed by atoms with van der Waals surface area (Å²) >= 11 is 0. The van der Waals surface area contributed by atoms with Crippen molar-refractivity contribution < 1.29 is 9.18 Å². The van der Waals surface area contributed by atoms with Crippen LogP contribution in [0.3, 0.4) is 0 Å². The molecule has 0 aliphatic rings. The third kappa shape index (κ3) is 4.79. The van der Waals surface area contributed by atoms with Crippen molar-refractivity contribution in [2.24, 2.45) is 0 Å². The van der Waals surface area contributed by atoms with E-state index in [-0.39, 0.29) is 11.7 Å². The van der Waals surface area contributed by atoms with Crippen molar-refractivity contribution in [3.8, 4) is 16.9 Å². The number of allylic oxidation sites excluding steroid dienone is 3. The number of nitrogens with zero attached hydrogens (tertiary/aromatic N) is 2. The molecule has 0 atom stereocenters. The molecule has 3 rings (SSSR count). The molecule has 1 amide bonds. The van der Waals surface area contributed by atoms with Gasteiger partial charge in [-0.3, -0.25) is 4.79 Å². The molecule has 5 heteroatoms. The third-order valence-corrected chi connectivity index (χ3v) is 3.93. The van der Waals surface area contributed by atoms with Gasteiger partial charge in [0.05, 0.1) is 11.4 Å². The first-order valence-electron chi connectivity index (χ1n) is 8.64. The fourth-order valence-electron chi connectivity index (χ4n) is 2.60. The van der Waals surface area contributed by atoms with Gasteiger partial charge < -0.3 is 5.32 Å². The van der Waals surface area contributed by atoms with Gasteiger partial charge in [0.25, 0.3) is 0 Å². The Morgan fingerprint density at radius 3 is 2.56 bits per heavy atom. The summed E-state index contributed by atoms with van der Waals surface area (Å²) in [6.07, 6.45) is 8.67. The van der Waals surface area contributed by atoms with Crippen LogP contribution in [0, 0.1) is 5.82 Å². The van der Waals surface area contributed by atoms with Gasteiger partial charge in [-0.15, -0.1) is 0 Å². The van der Waals surface area contributed by atoms with Crippen molar-refractivity contribution >= 4 is 5.91 Å². The van der Waals surface area contributed by atoms with Crippen LogP contribution in [0.15, 0.2) is 85.1 Å². The van der Waals surface area contributed by atoms with Gasteiger partial charge in [-0.25, -0.2) is 9.07 Å². The lowest BCUT2D eigenvalue weighted by molar-refractivity contribution is -0.116. The monoisotopic (exact) mass is 361 g/mol. The molecule has 4 nitrogen and oxygen atoms in total. The second-order valence-corrected chi connectivity index (χ2v) is 5.89. The van der Waals surface area contributed by atoms with E-state index in [0.717, 1.165) is 16.8 Å². The molecule has 0 fully saturated rings. The molecular weight excluding hydrogens is 341 g/mol. The average Bonchev–Trinajstić information content (AvgIpc) is 3.12. The first kappa shape index (κ1) is 18.3. The van der Waals surface area contributed by atoms with Gasteiger partial charge in [-0.2, -0.15) is 5.10 Å². The van der Waals surface area contributed by atoms with E-state index in [9.17, 15) is 9.18 Å². The van der Waals surface area contributed by atoms with Crippen LogP contribution in [0.2, 0.25) is 0 Å². The third-order valence-electron chi connectivity index (χ3n) is 3.93. The second-order valence-electron chi connectivity index (χ2n) is 5.89. The lowest BCUT2D eigenvalue weighted by Gasteiger charge is -2.03. The van der Waals surface area contributed by atoms with Gasteiger partial charge in [-0.1, -0.05) is 36.4 Å². The highest BCUT2D eigenvalue weighted by Gasteiger charge is 2.13. The first-order chi connectivity index (χ1) is 13.2. The van der Waals surface area contributed by atoms with Crippen LogP contribution in [0.5, 0.6) is 0 Å². The van der Waals surface area contributed by atoms with Crippen molar-refractivity contribution in [1.82, 2.24) is 15.1 Å². The van der Waals surface area contributed by atoms with E-state index >= 15 is 0 Å². The topological polar surface area (TPSA) is 46.9 Å². The minimum atomic E-state index is -0.301. The largest absolute Gasteiger partial charge is 0.348 e. The first-order valence-corrected chi connectivity index (χ1v) is 8.64. The lowest BCUT2D eigenvalue weighted by atomic mass is 10.1. The molecule has 0 aliphatic carbocycles. The van der Waals surface area contributed by atoms with Crippen molar-refractivity contribution in [3.63, 3.8) is 0 Å². The predicted octanol–water partition coefficient (Wildman–Crippen LogP) is 4.43. The lowest BCUT2D eigenvalue weighted by Crippen LogP contribution is -2.20. The summed E-state index contributed by atoms with van der Waals surface area (Å²) in [6, 6.07) is 15.9. The van der Waals surface area contributed by atoms with Crippen LogP contribution in [0.25, 0.3) is 16.9 Å². The highest BCUT2D eigenvalue weighted by Crippen LogP contribution is 2.24. The van der Waals surface area contributed by atoms with E-state index in [1.54, 1.807) is 29.0 Å². The number of hydrogen-bond acceptors (Lipinski definition) is 2. The molecule has 0 saturated carbocycles. The number of rotatable bonds is 6. The Bertz CT molecular complexity index is 957. The summed E-state index contributed by atoms with van der Waals surface area (Å²) in [5, 5.41) is 7.50. The van der Waals surface area contributed by atoms with E-state index < -0.39 is 0 Å². The number of aromatic nitrogens is 2. The molecule has 27 heavy (non-hydrogen) atoms. The van der Waals surface area contributed by atoms with Crippen LogP contribution in [-0.2, 0) is 11.3 Å². The van der Waals surface area contributed by atoms with E-state index in [1.807, 2.05) is 49.5 Å². The molecule has 0 radical (unpaired) electrons. The number of nitrogens with one attached hydrogen (secondary N) is 1. The molecule has 3 aromatic rings. The van der Waals surface area contributed by atoms with Crippen LogP contribution in [-0.4, -0.2) is 15.7 Å². The maximum atomic E-state index is 13.3. The highest BCUT2D eigenvalue weighted by atomic mass is 19.1. The van der Waals surface area contributed by atoms with E-state index in [2.05, 4.69) is 10.4 Å². The Morgan fingerprint density at radius 2 is 1.85 bits per heavy atom. The number of carbonyl (C=O) groups excluding carboxylic acids is 1. The molecule has 0 saturated heterocycles. The van der Waals surface area contributed by atoms with Crippen molar-refractivity contribution in [2.75, 3.05) is 0 Å². The summed E-state index contributed by atoms with van der Waals surface area (Å²) in [5.74, 6) is -0.490. The zero-order chi connectivity index (χ0) is 19.1. The van der Waals surface area contributed by atoms with Crippen LogP contribution in [0.4, 0.5) is 4.39 Å². The maximum absolute atomic E-state index is 13.3. The smallest absolute Gasteiger partial charge is 0.244 e. The van der Waals surface area contributed by atoms with Gasteiger partial charge >= 0.3 is 0 Å². The molecule has 2 aromatic carbocycles. The average molecular weight is 361 g/mol. The van der Waals surface area contributed by atoms with Gasteiger partial charge in [0.15, 0.2) is 0 Å². The fourth-order valence-corrected chi connectivity index (χ4v) is 2.60. The molecule has 0 bridgehead atoms. The van der Waals surface area contributed by atoms with Gasteiger partial charge in [0.1, 0.15) is 5.82 Å². The Hall–Kier alpha value is -3.47. The van der Waals surface area contributed by atoms with Gasteiger partial charge in [0.2, 0.25) is 5.91 Å². The predicted molar refractivity (Wildman–Crippen MR) is 105 cm³/mol. The minimum absolute atomic E-state index is 0.189. The molecular formula is C22H20FN3O. The van der Waals surface area contributed by atoms with Gasteiger partial charge in [-0.05, 0) is 43.3 Å². The van der Waals surface area contributed by atoms with E-state index in [1.165, 1.54) is 18.2 Å². The molecule has 0 aliphatic heterocycles. The van der Waals surface area contributed by atoms with Crippen LogP contribution >= 0.6 is 0 Å². The van der Waals surface area contributed by atoms with Crippen molar-refractivity contribution in [1.29, 1.82) is 0 Å². The number of hydrogen-bond donors (Lipinski definition) is 1. The Morgan fingerprint density at radius 1 is 1.11 bits per heavy atom. The van der Waals surface area contributed by atoms with E-state index in [4.69, 9.17) is 0 Å². The molecule has 136 valence electrons. The fraction of sp³-hybridized carbons (Fsp3) is 0.0909. The molecule has 1 N–H and O–H groups in total. The quantitative estimate of drug-likeness (QED) is 0.522. The maximum Gasteiger partial charge on any atom is 0.244 e. The number of carbonyl (C=O) groups is 1. The number of benzene rings is 2. The zero-order valence-corrected chi connectivity index (χ0v) is 15.0. The summed E-state index contributed by atoms with van der Waals surface area (Å²) in [4.78, 5) is 12.0. The van der Waals surface area contributed by atoms with Gasteiger partial charge in [0, 0.05) is 29.9 Å². The zero-order valence-electron chi connectivity index (χ0n) is 15.0. The van der Waals surface area contributed by atoms with Crippen LogP contribution in [0.1, 0.15) is 12.5 Å². The summed E-state index contributed by atoms with van der Waals surface area (Å²) in [7, 11) is 0. The summed E-state index contributed by atoms with van der Waals surface area (Å²) in [5.41, 5.74) is 3.25. The number of amides is 1. The molecule has 1 aromatic heterocycles. The molecule has 0 spiro atoms. The Balaban J connectivity index is 1.89. The Labute approximate surface area is 157 Å². The second kappa shape index (κ2) is 8.76. The van der Waals surface area contributed by atoms with Crippen molar-refractivity contribution in [3.05, 3.63) is 96.5 Å². The minimum Gasteiger partial charge on any atom is -0.348 e. The summed E-state index contributed by atoms with van der Waals surface area (Å²) < 4.78 is 15.0. The Kier molecular flexibility index (Phi) is 5.94. The standard InChI is InChI=1S/C22H20FN3O/c1-2-3-5-10-21(27)24-15-18-16-26(20-8-6-4-7-9-20)25-22(18)17-11-13-19(23)14-12-17/h2-14,16H,15H2,1H3,(H,24,27)/b3-2+,10-5+. The molecule has 0 unspecified atom stereocenters. The van der Waals surface area contributed by atoms with Crippen molar-refractivity contribution in [2.45, 2.75) is 13.5 Å².